The molecule has 0 saturated heterocycles. The van der Waals surface area contributed by atoms with Gasteiger partial charge in [0.1, 0.15) is 10.7 Å². The molecule has 0 aliphatic heterocycles. The summed E-state index contributed by atoms with van der Waals surface area (Å²) in [6, 6.07) is 10.0. The van der Waals surface area contributed by atoms with Crippen molar-refractivity contribution < 1.29 is 12.8 Å². The number of hydrogen-bond acceptors (Lipinski definition) is 3. The lowest BCUT2D eigenvalue weighted by atomic mass is 10.3. The zero-order chi connectivity index (χ0) is 15.6. The number of anilines is 2. The Kier molecular flexibility index (Phi) is 4.53. The molecular formula is C14H14BrFN2O2S. The molecular weight excluding hydrogens is 359 g/mol. The van der Waals surface area contributed by atoms with Gasteiger partial charge in [0.2, 0.25) is 0 Å². The minimum Gasteiger partial charge on any atom is -0.399 e. The predicted octanol–water partition coefficient (Wildman–Crippen LogP) is 3.39. The molecule has 0 aliphatic rings. The first-order chi connectivity index (χ1) is 9.86. The maximum Gasteiger partial charge on any atom is 0.265 e. The minimum atomic E-state index is -3.83. The summed E-state index contributed by atoms with van der Waals surface area (Å²) in [6.45, 7) is 1.86. The molecule has 0 heterocycles. The van der Waals surface area contributed by atoms with Crippen molar-refractivity contribution in [2.75, 3.05) is 16.6 Å². The summed E-state index contributed by atoms with van der Waals surface area (Å²) in [5.74, 6) is -0.493. The molecule has 2 aromatic carbocycles. The molecule has 0 bridgehead atoms. The summed E-state index contributed by atoms with van der Waals surface area (Å²) < 4.78 is 40.4. The van der Waals surface area contributed by atoms with Crippen LogP contribution in [0.5, 0.6) is 0 Å². The second-order valence-corrected chi connectivity index (χ2v) is 7.02. The van der Waals surface area contributed by atoms with Gasteiger partial charge < -0.3 is 5.73 Å². The Morgan fingerprint density at radius 2 is 1.95 bits per heavy atom. The van der Waals surface area contributed by atoms with Crippen LogP contribution < -0.4 is 10.0 Å². The van der Waals surface area contributed by atoms with Gasteiger partial charge in [0, 0.05) is 16.7 Å². The van der Waals surface area contributed by atoms with Gasteiger partial charge in [-0.3, -0.25) is 4.31 Å². The molecule has 0 unspecified atom stereocenters. The van der Waals surface area contributed by atoms with Crippen LogP contribution in [0.3, 0.4) is 0 Å². The van der Waals surface area contributed by atoms with Gasteiger partial charge in [-0.15, -0.1) is 0 Å². The van der Waals surface area contributed by atoms with E-state index in [4.69, 9.17) is 5.73 Å². The fraction of sp³-hybridized carbons (Fsp3) is 0.143. The van der Waals surface area contributed by atoms with E-state index in [-0.39, 0.29) is 17.1 Å². The lowest BCUT2D eigenvalue weighted by molar-refractivity contribution is 0.591. The van der Waals surface area contributed by atoms with Gasteiger partial charge in [0.15, 0.2) is 0 Å². The second kappa shape index (κ2) is 6.03. The zero-order valence-corrected chi connectivity index (χ0v) is 13.7. The van der Waals surface area contributed by atoms with Gasteiger partial charge in [-0.2, -0.15) is 0 Å². The third kappa shape index (κ3) is 3.19. The Hall–Kier alpha value is -1.60. The predicted molar refractivity (Wildman–Crippen MR) is 85.2 cm³/mol. The number of nitrogen functional groups attached to an aromatic ring is 1. The van der Waals surface area contributed by atoms with E-state index in [2.05, 4.69) is 15.9 Å². The first kappa shape index (κ1) is 15.8. The van der Waals surface area contributed by atoms with E-state index in [0.29, 0.717) is 10.2 Å². The first-order valence-corrected chi connectivity index (χ1v) is 8.43. The zero-order valence-electron chi connectivity index (χ0n) is 11.3. The Labute approximate surface area is 131 Å². The van der Waals surface area contributed by atoms with Gasteiger partial charge in [0.25, 0.3) is 10.0 Å². The lowest BCUT2D eigenvalue weighted by Gasteiger charge is -2.23. The number of rotatable bonds is 4. The van der Waals surface area contributed by atoms with E-state index in [1.807, 2.05) is 0 Å². The lowest BCUT2D eigenvalue weighted by Crippen LogP contribution is -2.31. The molecule has 0 aliphatic carbocycles. The van der Waals surface area contributed by atoms with Gasteiger partial charge in [-0.25, -0.2) is 12.8 Å². The maximum absolute atomic E-state index is 13.3. The third-order valence-electron chi connectivity index (χ3n) is 2.91. The molecule has 2 rings (SSSR count). The number of sulfonamides is 1. The molecule has 0 atom stereocenters. The highest BCUT2D eigenvalue weighted by Crippen LogP contribution is 2.30. The van der Waals surface area contributed by atoms with E-state index in [1.165, 1.54) is 24.3 Å². The Morgan fingerprint density at radius 1 is 1.24 bits per heavy atom. The normalized spacial score (nSPS) is 11.4. The molecule has 21 heavy (non-hydrogen) atoms. The molecule has 0 radical (unpaired) electrons. The Morgan fingerprint density at radius 3 is 2.57 bits per heavy atom. The van der Waals surface area contributed by atoms with Gasteiger partial charge >= 0.3 is 0 Å². The molecule has 0 fully saturated rings. The average Bonchev–Trinajstić information content (AvgIpc) is 2.42. The van der Waals surface area contributed by atoms with Crippen LogP contribution in [0.1, 0.15) is 6.92 Å². The van der Waals surface area contributed by atoms with E-state index in [0.717, 1.165) is 4.31 Å². The third-order valence-corrected chi connectivity index (χ3v) is 5.80. The number of hydrogen-bond donors (Lipinski definition) is 1. The fourth-order valence-corrected chi connectivity index (χ4v) is 4.39. The highest BCUT2D eigenvalue weighted by molar-refractivity contribution is 9.10. The van der Waals surface area contributed by atoms with E-state index in [1.54, 1.807) is 25.1 Å². The average molecular weight is 373 g/mol. The summed E-state index contributed by atoms with van der Waals surface area (Å²) in [6.07, 6.45) is 0. The summed E-state index contributed by atoms with van der Waals surface area (Å²) in [7, 11) is -3.83. The molecule has 0 spiro atoms. The van der Waals surface area contributed by atoms with Crippen LogP contribution in [0, 0.1) is 5.82 Å². The van der Waals surface area contributed by atoms with E-state index >= 15 is 0 Å². The topological polar surface area (TPSA) is 63.4 Å². The Balaban J connectivity index is 2.57. The quantitative estimate of drug-likeness (QED) is 0.836. The number of nitrogens with two attached hydrogens (primary N) is 1. The van der Waals surface area contributed by atoms with E-state index in [9.17, 15) is 12.8 Å². The van der Waals surface area contributed by atoms with Crippen LogP contribution in [0.2, 0.25) is 0 Å². The van der Waals surface area contributed by atoms with E-state index < -0.39 is 15.8 Å². The largest absolute Gasteiger partial charge is 0.399 e. The van der Waals surface area contributed by atoms with Crippen molar-refractivity contribution in [2.45, 2.75) is 11.8 Å². The van der Waals surface area contributed by atoms with Crippen molar-refractivity contribution in [1.82, 2.24) is 0 Å². The van der Waals surface area contributed by atoms with Crippen molar-refractivity contribution in [1.29, 1.82) is 0 Å². The van der Waals surface area contributed by atoms with Crippen LogP contribution in [-0.4, -0.2) is 15.0 Å². The maximum atomic E-state index is 13.3. The standard InChI is InChI=1S/C14H14BrFN2O2S/c1-2-18(12-5-3-4-10(16)8-12)21(19,20)14-9-11(17)6-7-13(14)15/h3-9H,2,17H2,1H3. The summed E-state index contributed by atoms with van der Waals surface area (Å²) in [4.78, 5) is 0.0496. The number of halogens is 2. The van der Waals surface area contributed by atoms with Gasteiger partial charge in [0.05, 0.1) is 5.69 Å². The Bertz CT molecular complexity index is 765. The van der Waals surface area contributed by atoms with Crippen LogP contribution in [-0.2, 0) is 10.0 Å². The molecule has 7 heteroatoms. The highest BCUT2D eigenvalue weighted by Gasteiger charge is 2.26. The van der Waals surface area contributed by atoms with Gasteiger partial charge in [-0.05, 0) is 59.3 Å². The minimum absolute atomic E-state index is 0.0496. The van der Waals surface area contributed by atoms with Gasteiger partial charge in [-0.1, -0.05) is 6.07 Å². The molecule has 0 amide bonds. The SMILES string of the molecule is CCN(c1cccc(F)c1)S(=O)(=O)c1cc(N)ccc1Br. The van der Waals surface area contributed by atoms with Crippen LogP contribution in [0.15, 0.2) is 51.8 Å². The molecule has 2 aromatic rings. The molecule has 0 aromatic heterocycles. The molecule has 112 valence electrons. The van der Waals surface area contributed by atoms with Crippen LogP contribution in [0.4, 0.5) is 15.8 Å². The number of nitrogens with zero attached hydrogens (tertiary/aromatic N) is 1. The molecule has 2 N–H and O–H groups in total. The van der Waals surface area contributed by atoms with Crippen molar-refractivity contribution in [2.24, 2.45) is 0 Å². The van der Waals surface area contributed by atoms with Crippen LogP contribution >= 0.6 is 15.9 Å². The molecule has 0 saturated carbocycles. The van der Waals surface area contributed by atoms with Crippen molar-refractivity contribution in [3.8, 4) is 0 Å². The smallest absolute Gasteiger partial charge is 0.265 e. The summed E-state index contributed by atoms with van der Waals surface area (Å²) in [5.41, 5.74) is 6.27. The highest BCUT2D eigenvalue weighted by atomic mass is 79.9. The van der Waals surface area contributed by atoms with Crippen molar-refractivity contribution in [3.63, 3.8) is 0 Å². The van der Waals surface area contributed by atoms with Crippen molar-refractivity contribution in [3.05, 3.63) is 52.8 Å². The second-order valence-electron chi connectivity index (χ2n) is 4.34. The summed E-state index contributed by atoms with van der Waals surface area (Å²) in [5, 5.41) is 0. The van der Waals surface area contributed by atoms with Crippen LogP contribution in [0.25, 0.3) is 0 Å². The summed E-state index contributed by atoms with van der Waals surface area (Å²) >= 11 is 3.22. The number of benzene rings is 2. The molecule has 4 nitrogen and oxygen atoms in total. The first-order valence-electron chi connectivity index (χ1n) is 6.19. The fourth-order valence-electron chi connectivity index (χ4n) is 1.96. The van der Waals surface area contributed by atoms with Crippen molar-refractivity contribution >= 4 is 37.3 Å². The monoisotopic (exact) mass is 372 g/mol.